The SMILES string of the molecule is Cl.O=C(CCN1CCOC(c2ccccc2Cl)C1)N1CCNCC1. The lowest BCUT2D eigenvalue weighted by molar-refractivity contribution is -0.132. The molecule has 3 rings (SSSR count). The molecule has 2 heterocycles. The number of morpholine rings is 1. The quantitative estimate of drug-likeness (QED) is 0.875. The van der Waals surface area contributed by atoms with Crippen LogP contribution >= 0.6 is 24.0 Å². The number of piperazine rings is 1. The number of amides is 1. The van der Waals surface area contributed by atoms with Crippen LogP contribution in [0.5, 0.6) is 0 Å². The van der Waals surface area contributed by atoms with Crippen LogP contribution in [-0.2, 0) is 9.53 Å². The van der Waals surface area contributed by atoms with E-state index in [1.165, 1.54) is 0 Å². The van der Waals surface area contributed by atoms with Gasteiger partial charge in [-0.25, -0.2) is 0 Å². The van der Waals surface area contributed by atoms with Gasteiger partial charge in [-0.3, -0.25) is 9.69 Å². The highest BCUT2D eigenvalue weighted by molar-refractivity contribution is 6.31. The lowest BCUT2D eigenvalue weighted by Crippen LogP contribution is -2.47. The van der Waals surface area contributed by atoms with Crippen LogP contribution in [0.3, 0.4) is 0 Å². The zero-order chi connectivity index (χ0) is 16.1. The van der Waals surface area contributed by atoms with E-state index in [-0.39, 0.29) is 24.4 Å². The topological polar surface area (TPSA) is 44.8 Å². The summed E-state index contributed by atoms with van der Waals surface area (Å²) < 4.78 is 5.87. The molecular weight excluding hydrogens is 349 g/mol. The maximum absolute atomic E-state index is 12.3. The van der Waals surface area contributed by atoms with E-state index in [0.29, 0.717) is 13.0 Å². The molecule has 1 unspecified atom stereocenters. The summed E-state index contributed by atoms with van der Waals surface area (Å²) in [6.45, 7) is 6.57. The van der Waals surface area contributed by atoms with Gasteiger partial charge >= 0.3 is 0 Å². The first-order valence-electron chi connectivity index (χ1n) is 8.31. The van der Waals surface area contributed by atoms with Gasteiger partial charge in [0.25, 0.3) is 0 Å². The molecule has 0 radical (unpaired) electrons. The fraction of sp³-hybridized carbons (Fsp3) is 0.588. The van der Waals surface area contributed by atoms with Crippen molar-refractivity contribution in [1.29, 1.82) is 0 Å². The van der Waals surface area contributed by atoms with Gasteiger partial charge in [0.15, 0.2) is 0 Å². The van der Waals surface area contributed by atoms with Gasteiger partial charge in [-0.1, -0.05) is 29.8 Å². The summed E-state index contributed by atoms with van der Waals surface area (Å²) in [5, 5.41) is 4.02. The zero-order valence-corrected chi connectivity index (χ0v) is 15.3. The molecule has 134 valence electrons. The molecule has 2 aliphatic heterocycles. The first kappa shape index (κ1) is 19.5. The lowest BCUT2D eigenvalue weighted by atomic mass is 10.1. The molecule has 2 fully saturated rings. The Balaban J connectivity index is 0.00000208. The van der Waals surface area contributed by atoms with Crippen molar-refractivity contribution in [1.82, 2.24) is 15.1 Å². The van der Waals surface area contributed by atoms with E-state index in [9.17, 15) is 4.79 Å². The summed E-state index contributed by atoms with van der Waals surface area (Å²) >= 11 is 6.27. The first-order valence-corrected chi connectivity index (χ1v) is 8.69. The second-order valence-corrected chi connectivity index (χ2v) is 6.47. The Hall–Kier alpha value is -0.850. The molecule has 0 aliphatic carbocycles. The highest BCUT2D eigenvalue weighted by Crippen LogP contribution is 2.28. The number of carbonyl (C=O) groups is 1. The van der Waals surface area contributed by atoms with Gasteiger partial charge in [0.1, 0.15) is 0 Å². The maximum atomic E-state index is 12.3. The molecular formula is C17H25Cl2N3O2. The number of rotatable bonds is 4. The summed E-state index contributed by atoms with van der Waals surface area (Å²) in [6, 6.07) is 7.82. The standard InChI is InChI=1S/C17H24ClN3O2.ClH/c18-15-4-2-1-3-14(15)16-13-20(11-12-23-16)8-5-17(22)21-9-6-19-7-10-21;/h1-4,16,19H,5-13H2;1H. The summed E-state index contributed by atoms with van der Waals surface area (Å²) in [4.78, 5) is 16.5. The van der Waals surface area contributed by atoms with E-state index in [1.54, 1.807) is 0 Å². The highest BCUT2D eigenvalue weighted by Gasteiger charge is 2.24. The maximum Gasteiger partial charge on any atom is 0.223 e. The van der Waals surface area contributed by atoms with Gasteiger partial charge < -0.3 is 15.0 Å². The minimum Gasteiger partial charge on any atom is -0.371 e. The van der Waals surface area contributed by atoms with E-state index >= 15 is 0 Å². The van der Waals surface area contributed by atoms with Crippen molar-refractivity contribution >= 4 is 29.9 Å². The Kier molecular flexibility index (Phi) is 7.78. The lowest BCUT2D eigenvalue weighted by Gasteiger charge is -2.34. The third-order valence-corrected chi connectivity index (χ3v) is 4.86. The molecule has 2 saturated heterocycles. The third-order valence-electron chi connectivity index (χ3n) is 4.51. The molecule has 1 aromatic carbocycles. The summed E-state index contributed by atoms with van der Waals surface area (Å²) in [7, 11) is 0. The van der Waals surface area contributed by atoms with Crippen LogP contribution in [0, 0.1) is 0 Å². The molecule has 0 bridgehead atoms. The molecule has 0 aromatic heterocycles. The van der Waals surface area contributed by atoms with Crippen LogP contribution in [0.25, 0.3) is 0 Å². The van der Waals surface area contributed by atoms with Crippen LogP contribution in [-0.4, -0.2) is 68.1 Å². The fourth-order valence-corrected chi connectivity index (χ4v) is 3.41. The number of halogens is 2. The third kappa shape index (κ3) is 5.07. The van der Waals surface area contributed by atoms with Gasteiger partial charge in [-0.05, 0) is 6.07 Å². The summed E-state index contributed by atoms with van der Waals surface area (Å²) in [6.07, 6.45) is 0.571. The molecule has 0 saturated carbocycles. The number of benzene rings is 1. The van der Waals surface area contributed by atoms with Gasteiger partial charge in [0.2, 0.25) is 5.91 Å². The Bertz CT molecular complexity index is 538. The number of carbonyl (C=O) groups excluding carboxylic acids is 1. The molecule has 2 aliphatic rings. The monoisotopic (exact) mass is 373 g/mol. The molecule has 5 nitrogen and oxygen atoms in total. The van der Waals surface area contributed by atoms with Gasteiger partial charge in [0.05, 0.1) is 12.7 Å². The predicted octanol–water partition coefficient (Wildman–Crippen LogP) is 1.96. The van der Waals surface area contributed by atoms with Crippen molar-refractivity contribution in [2.45, 2.75) is 12.5 Å². The van der Waals surface area contributed by atoms with Crippen molar-refractivity contribution in [3.8, 4) is 0 Å². The average Bonchev–Trinajstić information content (AvgIpc) is 2.61. The van der Waals surface area contributed by atoms with E-state index in [4.69, 9.17) is 16.3 Å². The smallest absolute Gasteiger partial charge is 0.223 e. The Morgan fingerprint density at radius 2 is 2.00 bits per heavy atom. The zero-order valence-electron chi connectivity index (χ0n) is 13.7. The fourth-order valence-electron chi connectivity index (χ4n) is 3.16. The number of hydrogen-bond acceptors (Lipinski definition) is 4. The van der Waals surface area contributed by atoms with Gasteiger partial charge in [-0.15, -0.1) is 12.4 Å². The largest absolute Gasteiger partial charge is 0.371 e. The number of ether oxygens (including phenoxy) is 1. The van der Waals surface area contributed by atoms with Crippen molar-refractivity contribution in [2.75, 3.05) is 52.4 Å². The summed E-state index contributed by atoms with van der Waals surface area (Å²) in [5.41, 5.74) is 1.03. The Morgan fingerprint density at radius 1 is 1.25 bits per heavy atom. The van der Waals surface area contributed by atoms with Crippen molar-refractivity contribution < 1.29 is 9.53 Å². The van der Waals surface area contributed by atoms with Crippen molar-refractivity contribution in [3.05, 3.63) is 34.9 Å². The van der Waals surface area contributed by atoms with Gasteiger partial charge in [-0.2, -0.15) is 0 Å². The molecule has 1 aromatic rings. The molecule has 1 atom stereocenters. The van der Waals surface area contributed by atoms with Crippen molar-refractivity contribution in [2.24, 2.45) is 0 Å². The van der Waals surface area contributed by atoms with Crippen LogP contribution in [0.15, 0.2) is 24.3 Å². The van der Waals surface area contributed by atoms with Gasteiger partial charge in [0, 0.05) is 62.8 Å². The first-order chi connectivity index (χ1) is 11.2. The van der Waals surface area contributed by atoms with E-state index < -0.39 is 0 Å². The molecule has 0 spiro atoms. The number of hydrogen-bond donors (Lipinski definition) is 1. The van der Waals surface area contributed by atoms with E-state index in [1.807, 2.05) is 29.2 Å². The minimum absolute atomic E-state index is 0. The van der Waals surface area contributed by atoms with E-state index in [0.717, 1.165) is 56.4 Å². The van der Waals surface area contributed by atoms with Crippen LogP contribution in [0.1, 0.15) is 18.1 Å². The second-order valence-electron chi connectivity index (χ2n) is 6.06. The number of nitrogens with one attached hydrogen (secondary N) is 1. The summed E-state index contributed by atoms with van der Waals surface area (Å²) in [5.74, 6) is 0.257. The molecule has 24 heavy (non-hydrogen) atoms. The normalized spacial score (nSPS) is 22.0. The Morgan fingerprint density at radius 3 is 2.75 bits per heavy atom. The van der Waals surface area contributed by atoms with E-state index in [2.05, 4.69) is 10.2 Å². The average molecular weight is 374 g/mol. The molecule has 7 heteroatoms. The minimum atomic E-state index is -0.00765. The number of nitrogens with zero attached hydrogens (tertiary/aromatic N) is 2. The molecule has 1 N–H and O–H groups in total. The predicted molar refractivity (Wildman–Crippen MR) is 97.9 cm³/mol. The van der Waals surface area contributed by atoms with Crippen molar-refractivity contribution in [3.63, 3.8) is 0 Å². The Labute approximate surface area is 154 Å². The van der Waals surface area contributed by atoms with Crippen LogP contribution < -0.4 is 5.32 Å². The highest BCUT2D eigenvalue weighted by atomic mass is 35.5. The van der Waals surface area contributed by atoms with Crippen LogP contribution in [0.2, 0.25) is 5.02 Å². The van der Waals surface area contributed by atoms with Crippen LogP contribution in [0.4, 0.5) is 0 Å². The second kappa shape index (κ2) is 9.59. The molecule has 1 amide bonds.